The number of halogens is 4. The molecular formula is C32H32BrF3N8O3. The molecule has 2 fully saturated rings. The highest BCUT2D eigenvalue weighted by atomic mass is 79.9. The molecule has 11 nitrogen and oxygen atoms in total. The molecular weight excluding hydrogens is 681 g/mol. The molecule has 6 rings (SSSR count). The van der Waals surface area contributed by atoms with Crippen LogP contribution in [0.5, 0.6) is 0 Å². The number of aryl methyl sites for hydroxylation is 3. The molecule has 1 saturated heterocycles. The number of likely N-dealkylation sites (tertiary alicyclic amines) is 1. The summed E-state index contributed by atoms with van der Waals surface area (Å²) >= 11 is 3.30. The second-order valence-corrected chi connectivity index (χ2v) is 13.2. The van der Waals surface area contributed by atoms with E-state index in [0.29, 0.717) is 39.1 Å². The van der Waals surface area contributed by atoms with Crippen molar-refractivity contribution in [2.45, 2.75) is 65.3 Å². The number of ketones is 1. The molecule has 15 heteroatoms. The number of alkyl halides is 3. The zero-order valence-corrected chi connectivity index (χ0v) is 27.7. The first-order valence-corrected chi connectivity index (χ1v) is 15.8. The van der Waals surface area contributed by atoms with Crippen LogP contribution in [0.4, 0.5) is 19.0 Å². The van der Waals surface area contributed by atoms with E-state index in [9.17, 15) is 27.6 Å². The van der Waals surface area contributed by atoms with E-state index in [-0.39, 0.29) is 31.0 Å². The smallest absolute Gasteiger partial charge is 0.325 e. The molecule has 2 amide bonds. The van der Waals surface area contributed by atoms with Gasteiger partial charge in [0.1, 0.15) is 34.5 Å². The van der Waals surface area contributed by atoms with E-state index in [0.717, 1.165) is 16.7 Å². The predicted octanol–water partition coefficient (Wildman–Crippen LogP) is 4.93. The van der Waals surface area contributed by atoms with Crippen LogP contribution in [-0.2, 0) is 16.1 Å². The summed E-state index contributed by atoms with van der Waals surface area (Å²) in [5, 5.41) is 10.4. The van der Waals surface area contributed by atoms with Gasteiger partial charge in [-0.2, -0.15) is 18.3 Å². The summed E-state index contributed by atoms with van der Waals surface area (Å²) in [6.07, 6.45) is -0.359. The molecule has 1 aromatic carbocycles. The van der Waals surface area contributed by atoms with Gasteiger partial charge >= 0.3 is 6.18 Å². The van der Waals surface area contributed by atoms with Crippen molar-refractivity contribution in [3.63, 3.8) is 0 Å². The van der Waals surface area contributed by atoms with Gasteiger partial charge in [0.15, 0.2) is 5.78 Å². The average molecular weight is 714 g/mol. The number of aromatic nitrogens is 5. The Labute approximate surface area is 276 Å². The number of carbonyl (C=O) groups is 3. The standard InChI is InChI=1S/C32H32BrF3N8O3/c1-16-5-6-25(33)40-29(16)41-30(47)23-9-31(14-37-15-32(34,35)36)10-24(31)44(23)26(46)13-43-28-17(2)7-20(21-11-38-19(4)39-12-21)8-22(28)27(42-43)18(3)45/h5-8,11-12,23-24,37H,9-10,13-15H2,1-4H3,(H,40,41,47)/t23-,24?,31-/m0/s1. The number of hydrogen-bond acceptors (Lipinski definition) is 8. The Hall–Kier alpha value is -4.24. The Kier molecular flexibility index (Phi) is 8.41. The number of nitrogens with zero attached hydrogens (tertiary/aromatic N) is 6. The van der Waals surface area contributed by atoms with Gasteiger partial charge in [-0.25, -0.2) is 15.0 Å². The number of amides is 2. The molecule has 4 heterocycles. The van der Waals surface area contributed by atoms with E-state index in [1.165, 1.54) is 16.5 Å². The third-order valence-electron chi connectivity index (χ3n) is 8.88. The fraction of sp³-hybridized carbons (Fsp3) is 0.406. The second kappa shape index (κ2) is 12.1. The first kappa shape index (κ1) is 32.7. The predicted molar refractivity (Wildman–Crippen MR) is 171 cm³/mol. The molecule has 1 saturated carbocycles. The quantitative estimate of drug-likeness (QED) is 0.184. The summed E-state index contributed by atoms with van der Waals surface area (Å²) in [6.45, 7) is 5.37. The monoisotopic (exact) mass is 712 g/mol. The summed E-state index contributed by atoms with van der Waals surface area (Å²) in [5.74, 6) is -0.263. The molecule has 1 aliphatic carbocycles. The van der Waals surface area contributed by atoms with E-state index < -0.39 is 42.0 Å². The van der Waals surface area contributed by atoms with Crippen LogP contribution in [-0.4, -0.2) is 78.6 Å². The van der Waals surface area contributed by atoms with Crippen LogP contribution in [0.2, 0.25) is 0 Å². The largest absolute Gasteiger partial charge is 0.401 e. The third-order valence-corrected chi connectivity index (χ3v) is 9.32. The lowest BCUT2D eigenvalue weighted by Gasteiger charge is -2.27. The number of benzene rings is 1. The van der Waals surface area contributed by atoms with Gasteiger partial charge in [0.2, 0.25) is 11.8 Å². The fourth-order valence-electron chi connectivity index (χ4n) is 6.57. The van der Waals surface area contributed by atoms with Crippen LogP contribution in [0.1, 0.15) is 47.2 Å². The molecule has 2 N–H and O–H groups in total. The van der Waals surface area contributed by atoms with Crippen LogP contribution in [0.25, 0.3) is 22.0 Å². The zero-order chi connectivity index (χ0) is 33.8. The van der Waals surface area contributed by atoms with Crippen molar-refractivity contribution >= 4 is 50.2 Å². The average Bonchev–Trinajstić information content (AvgIpc) is 3.39. The van der Waals surface area contributed by atoms with E-state index in [2.05, 4.69) is 46.6 Å². The molecule has 0 spiro atoms. The van der Waals surface area contributed by atoms with Gasteiger partial charge in [-0.3, -0.25) is 19.1 Å². The highest BCUT2D eigenvalue weighted by Crippen LogP contribution is 2.59. The fourth-order valence-corrected chi connectivity index (χ4v) is 6.88. The lowest BCUT2D eigenvalue weighted by molar-refractivity contribution is -0.138. The lowest BCUT2D eigenvalue weighted by Crippen LogP contribution is -2.47. The van der Waals surface area contributed by atoms with Crippen LogP contribution in [0.15, 0.2) is 41.3 Å². The molecule has 2 aliphatic rings. The van der Waals surface area contributed by atoms with Crippen LogP contribution in [0, 0.1) is 26.2 Å². The van der Waals surface area contributed by atoms with Gasteiger partial charge in [-0.05, 0) is 84.4 Å². The number of pyridine rings is 1. The Bertz CT molecular complexity index is 1910. The van der Waals surface area contributed by atoms with Crippen molar-refractivity contribution in [1.82, 2.24) is 34.9 Å². The van der Waals surface area contributed by atoms with Gasteiger partial charge in [0.25, 0.3) is 0 Å². The van der Waals surface area contributed by atoms with Crippen molar-refractivity contribution in [1.29, 1.82) is 0 Å². The first-order chi connectivity index (χ1) is 22.2. The van der Waals surface area contributed by atoms with Crippen molar-refractivity contribution in [3.8, 4) is 11.1 Å². The topological polar surface area (TPSA) is 135 Å². The number of Topliss-reactive ketones (excluding diaryl/α,β-unsaturated/α-hetero) is 1. The SMILES string of the molecule is CC(=O)c1nn(CC(=O)N2C3C[C@]3(CNCC(F)(F)F)C[C@H]2C(=O)Nc2nc(Br)ccc2C)c2c(C)cc(-c3cnc(C)nc3)cc12. The number of rotatable bonds is 9. The number of anilines is 1. The molecule has 246 valence electrons. The Morgan fingerprint density at radius 2 is 1.77 bits per heavy atom. The second-order valence-electron chi connectivity index (χ2n) is 12.4. The minimum absolute atomic E-state index is 0.00267. The molecule has 0 radical (unpaired) electrons. The van der Waals surface area contributed by atoms with Gasteiger partial charge in [0, 0.05) is 48.3 Å². The Morgan fingerprint density at radius 3 is 2.45 bits per heavy atom. The summed E-state index contributed by atoms with van der Waals surface area (Å²) in [7, 11) is 0. The van der Waals surface area contributed by atoms with Gasteiger partial charge in [-0.1, -0.05) is 6.07 Å². The molecule has 4 aromatic rings. The number of nitrogens with one attached hydrogen (secondary N) is 2. The lowest BCUT2D eigenvalue weighted by atomic mass is 9.99. The zero-order valence-electron chi connectivity index (χ0n) is 26.1. The molecule has 1 aliphatic heterocycles. The highest BCUT2D eigenvalue weighted by Gasteiger charge is 2.67. The highest BCUT2D eigenvalue weighted by molar-refractivity contribution is 9.10. The summed E-state index contributed by atoms with van der Waals surface area (Å²) in [4.78, 5) is 54.9. The van der Waals surface area contributed by atoms with Crippen molar-refractivity contribution in [2.75, 3.05) is 18.4 Å². The van der Waals surface area contributed by atoms with Crippen molar-refractivity contribution < 1.29 is 27.6 Å². The van der Waals surface area contributed by atoms with E-state index in [4.69, 9.17) is 0 Å². The minimum Gasteiger partial charge on any atom is -0.325 e. The summed E-state index contributed by atoms with van der Waals surface area (Å²) in [5.41, 5.74) is 3.10. The van der Waals surface area contributed by atoms with Crippen LogP contribution < -0.4 is 10.6 Å². The maximum atomic E-state index is 14.1. The van der Waals surface area contributed by atoms with E-state index >= 15 is 0 Å². The molecule has 3 atom stereocenters. The van der Waals surface area contributed by atoms with Crippen LogP contribution >= 0.6 is 15.9 Å². The van der Waals surface area contributed by atoms with Crippen molar-refractivity contribution in [2.24, 2.45) is 5.41 Å². The van der Waals surface area contributed by atoms with Gasteiger partial charge in [-0.15, -0.1) is 0 Å². The minimum atomic E-state index is -4.39. The Balaban J connectivity index is 1.32. The maximum absolute atomic E-state index is 14.1. The van der Waals surface area contributed by atoms with E-state index in [1.807, 2.05) is 19.1 Å². The number of hydrogen-bond donors (Lipinski definition) is 2. The third kappa shape index (κ3) is 6.50. The normalized spacial score (nSPS) is 20.4. The number of carbonyl (C=O) groups excluding carboxylic acids is 3. The molecule has 1 unspecified atom stereocenters. The number of piperidine rings is 1. The van der Waals surface area contributed by atoms with Gasteiger partial charge in [0.05, 0.1) is 12.1 Å². The summed E-state index contributed by atoms with van der Waals surface area (Å²) < 4.78 is 40.8. The molecule has 47 heavy (non-hydrogen) atoms. The van der Waals surface area contributed by atoms with Gasteiger partial charge < -0.3 is 15.5 Å². The Morgan fingerprint density at radius 1 is 1.04 bits per heavy atom. The van der Waals surface area contributed by atoms with Crippen molar-refractivity contribution in [3.05, 3.63) is 63.9 Å². The maximum Gasteiger partial charge on any atom is 0.401 e. The van der Waals surface area contributed by atoms with Crippen LogP contribution in [0.3, 0.4) is 0 Å². The number of fused-ring (bicyclic) bond motifs is 2. The first-order valence-electron chi connectivity index (χ1n) is 15.0. The van der Waals surface area contributed by atoms with E-state index in [1.54, 1.807) is 38.4 Å². The summed E-state index contributed by atoms with van der Waals surface area (Å²) in [6, 6.07) is 5.85. The molecule has 0 bridgehead atoms. The molecule has 3 aromatic heterocycles.